The summed E-state index contributed by atoms with van der Waals surface area (Å²) in [6.45, 7) is 2.74. The molecule has 1 unspecified atom stereocenters. The molecule has 29 heavy (non-hydrogen) atoms. The molecule has 1 heterocycles. The van der Waals surface area contributed by atoms with Gasteiger partial charge in [-0.2, -0.15) is 0 Å². The number of hydrogen-bond donors (Lipinski definition) is 1. The van der Waals surface area contributed by atoms with Crippen LogP contribution in [-0.2, 0) is 11.2 Å². The Hall–Kier alpha value is -1.95. The van der Waals surface area contributed by atoms with Crippen LogP contribution in [0.4, 0.5) is 0 Å². The molecule has 2 aromatic carbocycles. The van der Waals surface area contributed by atoms with Crippen molar-refractivity contribution in [2.75, 3.05) is 32.8 Å². The van der Waals surface area contributed by atoms with E-state index in [1.807, 2.05) is 29.2 Å². The van der Waals surface area contributed by atoms with E-state index in [1.54, 1.807) is 18.2 Å². The summed E-state index contributed by atoms with van der Waals surface area (Å²) in [6.07, 6.45) is 2.81. The summed E-state index contributed by atoms with van der Waals surface area (Å²) < 4.78 is 11.3. The zero-order valence-corrected chi connectivity index (χ0v) is 17.8. The number of nitrogens with zero attached hydrogens (tertiary/aromatic N) is 1. The average Bonchev–Trinajstić information content (AvgIpc) is 3.26. The van der Waals surface area contributed by atoms with E-state index < -0.39 is 0 Å². The van der Waals surface area contributed by atoms with E-state index in [0.29, 0.717) is 42.0 Å². The van der Waals surface area contributed by atoms with Gasteiger partial charge in [0.15, 0.2) is 5.75 Å². The number of carbonyl (C=O) groups excluding carboxylic acids is 1. The maximum Gasteiger partial charge on any atom is 0.227 e. The fraction of sp³-hybridized carbons (Fsp3) is 0.409. The SMILES string of the molecule is NCC(Cc1ccc(OCCOc2c(Cl)cccc2Cl)cc1)C(=O)N1CCCC1. The molecular weight excluding hydrogens is 411 g/mol. The van der Waals surface area contributed by atoms with Gasteiger partial charge in [-0.1, -0.05) is 41.4 Å². The van der Waals surface area contributed by atoms with Crippen LogP contribution >= 0.6 is 23.2 Å². The first kappa shape index (κ1) is 21.8. The lowest BCUT2D eigenvalue weighted by molar-refractivity contribution is -0.134. The van der Waals surface area contributed by atoms with Crippen LogP contribution < -0.4 is 15.2 Å². The van der Waals surface area contributed by atoms with E-state index >= 15 is 0 Å². The summed E-state index contributed by atoms with van der Waals surface area (Å²) in [5, 5.41) is 0.944. The van der Waals surface area contributed by atoms with Gasteiger partial charge in [0.1, 0.15) is 19.0 Å². The van der Waals surface area contributed by atoms with Gasteiger partial charge in [-0.05, 0) is 49.1 Å². The van der Waals surface area contributed by atoms with Crippen LogP contribution in [0.1, 0.15) is 18.4 Å². The Morgan fingerprint density at radius 3 is 2.24 bits per heavy atom. The van der Waals surface area contributed by atoms with Crippen LogP contribution in [0.15, 0.2) is 42.5 Å². The molecule has 3 rings (SSSR count). The highest BCUT2D eigenvalue weighted by Crippen LogP contribution is 2.32. The Labute approximate surface area is 181 Å². The zero-order chi connectivity index (χ0) is 20.6. The molecule has 0 spiro atoms. The molecule has 0 bridgehead atoms. The van der Waals surface area contributed by atoms with Crippen LogP contribution in [0.2, 0.25) is 10.0 Å². The lowest BCUT2D eigenvalue weighted by Crippen LogP contribution is -2.38. The molecule has 0 aromatic heterocycles. The number of carbonyl (C=O) groups is 1. The molecule has 1 aliphatic rings. The number of halogens is 2. The van der Waals surface area contributed by atoms with Gasteiger partial charge < -0.3 is 20.1 Å². The molecule has 1 atom stereocenters. The highest BCUT2D eigenvalue weighted by Gasteiger charge is 2.25. The number of hydrogen-bond acceptors (Lipinski definition) is 4. The summed E-state index contributed by atoms with van der Waals surface area (Å²) in [7, 11) is 0. The van der Waals surface area contributed by atoms with E-state index in [0.717, 1.165) is 37.2 Å². The Balaban J connectivity index is 1.46. The predicted molar refractivity (Wildman–Crippen MR) is 116 cm³/mol. The lowest BCUT2D eigenvalue weighted by Gasteiger charge is -2.22. The standard InChI is InChI=1S/C22H26Cl2N2O3/c23-19-4-3-5-20(24)21(19)29-13-12-28-18-8-6-16(7-9-18)14-17(15-25)22(27)26-10-1-2-11-26/h3-9,17H,1-2,10-15,25H2. The predicted octanol–water partition coefficient (Wildman–Crippen LogP) is 4.19. The van der Waals surface area contributed by atoms with E-state index in [1.165, 1.54) is 0 Å². The van der Waals surface area contributed by atoms with Crippen molar-refractivity contribution in [3.05, 3.63) is 58.1 Å². The van der Waals surface area contributed by atoms with Crippen LogP contribution in [0.5, 0.6) is 11.5 Å². The molecule has 1 amide bonds. The van der Waals surface area contributed by atoms with Gasteiger partial charge in [-0.15, -0.1) is 0 Å². The first-order chi connectivity index (χ1) is 14.1. The molecule has 1 saturated heterocycles. The second-order valence-electron chi connectivity index (χ2n) is 7.06. The number of ether oxygens (including phenoxy) is 2. The normalized spacial score (nSPS) is 14.7. The van der Waals surface area contributed by atoms with Gasteiger partial charge in [0.25, 0.3) is 0 Å². The van der Waals surface area contributed by atoms with E-state index in [-0.39, 0.29) is 11.8 Å². The van der Waals surface area contributed by atoms with E-state index in [4.69, 9.17) is 38.4 Å². The topological polar surface area (TPSA) is 64.8 Å². The number of nitrogens with two attached hydrogens (primary N) is 1. The van der Waals surface area contributed by atoms with Gasteiger partial charge >= 0.3 is 0 Å². The van der Waals surface area contributed by atoms with Gasteiger partial charge in [-0.3, -0.25) is 4.79 Å². The summed E-state index contributed by atoms with van der Waals surface area (Å²) in [5.74, 6) is 1.19. The molecule has 1 aliphatic heterocycles. The monoisotopic (exact) mass is 436 g/mol. The number of likely N-dealkylation sites (tertiary alicyclic amines) is 1. The van der Waals surface area contributed by atoms with Gasteiger partial charge in [-0.25, -0.2) is 0 Å². The fourth-order valence-electron chi connectivity index (χ4n) is 3.40. The number of para-hydroxylation sites is 1. The minimum Gasteiger partial charge on any atom is -0.490 e. The van der Waals surface area contributed by atoms with Crippen molar-refractivity contribution >= 4 is 29.1 Å². The Kier molecular flexibility index (Phi) is 8.04. The van der Waals surface area contributed by atoms with Crippen LogP contribution in [-0.4, -0.2) is 43.7 Å². The van der Waals surface area contributed by atoms with Crippen molar-refractivity contribution in [1.29, 1.82) is 0 Å². The Morgan fingerprint density at radius 2 is 1.62 bits per heavy atom. The van der Waals surface area contributed by atoms with E-state index in [2.05, 4.69) is 0 Å². The molecule has 1 fully saturated rings. The third-order valence-corrected chi connectivity index (χ3v) is 5.57. The highest BCUT2D eigenvalue weighted by molar-refractivity contribution is 6.37. The first-order valence-electron chi connectivity index (χ1n) is 9.86. The van der Waals surface area contributed by atoms with Gasteiger partial charge in [0.2, 0.25) is 5.91 Å². The molecule has 2 aromatic rings. The molecule has 5 nitrogen and oxygen atoms in total. The molecule has 0 saturated carbocycles. The van der Waals surface area contributed by atoms with Crippen molar-refractivity contribution in [2.24, 2.45) is 11.7 Å². The summed E-state index contributed by atoms with van der Waals surface area (Å²) in [5.41, 5.74) is 6.93. The molecule has 2 N–H and O–H groups in total. The lowest BCUT2D eigenvalue weighted by atomic mass is 9.98. The third kappa shape index (κ3) is 6.01. The quantitative estimate of drug-likeness (QED) is 0.598. The maximum atomic E-state index is 12.6. The largest absolute Gasteiger partial charge is 0.490 e. The molecule has 0 aliphatic carbocycles. The van der Waals surface area contributed by atoms with Crippen LogP contribution in [0.25, 0.3) is 0 Å². The minimum atomic E-state index is -0.173. The van der Waals surface area contributed by atoms with Crippen molar-refractivity contribution < 1.29 is 14.3 Å². The summed E-state index contributed by atoms with van der Waals surface area (Å²) >= 11 is 12.1. The molecule has 7 heteroatoms. The summed E-state index contributed by atoms with van der Waals surface area (Å²) in [4.78, 5) is 14.5. The van der Waals surface area contributed by atoms with Gasteiger partial charge in [0, 0.05) is 19.6 Å². The van der Waals surface area contributed by atoms with Crippen LogP contribution in [0.3, 0.4) is 0 Å². The third-order valence-electron chi connectivity index (χ3n) is 4.97. The zero-order valence-electron chi connectivity index (χ0n) is 16.3. The molecule has 156 valence electrons. The number of amides is 1. The number of benzene rings is 2. The smallest absolute Gasteiger partial charge is 0.227 e. The van der Waals surface area contributed by atoms with Crippen molar-refractivity contribution in [2.45, 2.75) is 19.3 Å². The first-order valence-corrected chi connectivity index (χ1v) is 10.6. The second-order valence-corrected chi connectivity index (χ2v) is 7.88. The Bertz CT molecular complexity index is 788. The van der Waals surface area contributed by atoms with Crippen molar-refractivity contribution in [3.8, 4) is 11.5 Å². The highest BCUT2D eigenvalue weighted by atomic mass is 35.5. The van der Waals surface area contributed by atoms with Crippen molar-refractivity contribution in [3.63, 3.8) is 0 Å². The maximum absolute atomic E-state index is 12.6. The van der Waals surface area contributed by atoms with Gasteiger partial charge in [0.05, 0.1) is 16.0 Å². The van der Waals surface area contributed by atoms with E-state index in [9.17, 15) is 4.79 Å². The second kappa shape index (κ2) is 10.7. The summed E-state index contributed by atoms with van der Waals surface area (Å²) in [6, 6.07) is 13.0. The minimum absolute atomic E-state index is 0.167. The fourth-order valence-corrected chi connectivity index (χ4v) is 3.90. The average molecular weight is 437 g/mol. The van der Waals surface area contributed by atoms with Crippen molar-refractivity contribution in [1.82, 2.24) is 4.90 Å². The Morgan fingerprint density at radius 1 is 1.00 bits per heavy atom. The van der Waals surface area contributed by atoms with Crippen LogP contribution in [0, 0.1) is 5.92 Å². The molecule has 0 radical (unpaired) electrons. The number of rotatable bonds is 9. The molecular formula is C22H26Cl2N2O3.